The first-order chi connectivity index (χ1) is 16.1. The van der Waals surface area contributed by atoms with Crippen LogP contribution in [0, 0.1) is 5.82 Å². The summed E-state index contributed by atoms with van der Waals surface area (Å²) >= 11 is 0. The highest BCUT2D eigenvalue weighted by atomic mass is 19.1. The summed E-state index contributed by atoms with van der Waals surface area (Å²) in [6, 6.07) is 20.5. The molecule has 6 heteroatoms. The Morgan fingerprint density at radius 2 is 1.79 bits per heavy atom. The topological polar surface area (TPSA) is 48.5 Å². The molecule has 0 bridgehead atoms. The minimum absolute atomic E-state index is 0.00976. The number of amides is 1. The summed E-state index contributed by atoms with van der Waals surface area (Å²) in [5.74, 6) is 0.538. The summed E-state index contributed by atoms with van der Waals surface area (Å²) in [6.45, 7) is 6.59. The van der Waals surface area contributed by atoms with Gasteiger partial charge in [-0.1, -0.05) is 49.4 Å². The predicted octanol–water partition coefficient (Wildman–Crippen LogP) is 5.07. The number of anilines is 2. The van der Waals surface area contributed by atoms with Gasteiger partial charge in [-0.2, -0.15) is 0 Å². The molecule has 1 aliphatic heterocycles. The number of pyridine rings is 1. The molecule has 1 aromatic heterocycles. The predicted molar refractivity (Wildman–Crippen MR) is 131 cm³/mol. The minimum Gasteiger partial charge on any atom is -0.355 e. The Balaban J connectivity index is 1.33. The van der Waals surface area contributed by atoms with Crippen LogP contribution in [-0.2, 0) is 11.3 Å². The number of hydrogen-bond donors (Lipinski definition) is 1. The average molecular weight is 447 g/mol. The Hall–Kier alpha value is -3.25. The van der Waals surface area contributed by atoms with Crippen LogP contribution in [0.1, 0.15) is 36.8 Å². The van der Waals surface area contributed by atoms with Crippen molar-refractivity contribution in [2.75, 3.05) is 36.4 Å². The van der Waals surface area contributed by atoms with Crippen LogP contribution in [0.3, 0.4) is 0 Å². The molecule has 2 aromatic carbocycles. The molecule has 1 aliphatic rings. The Bertz CT molecular complexity index is 1020. The first-order valence-electron chi connectivity index (χ1n) is 11.7. The van der Waals surface area contributed by atoms with Gasteiger partial charge in [0.2, 0.25) is 5.91 Å². The van der Waals surface area contributed by atoms with Gasteiger partial charge in [-0.3, -0.25) is 9.69 Å². The van der Waals surface area contributed by atoms with E-state index < -0.39 is 0 Å². The van der Waals surface area contributed by atoms with E-state index >= 15 is 0 Å². The number of aromatic nitrogens is 1. The summed E-state index contributed by atoms with van der Waals surface area (Å²) in [7, 11) is 0. The van der Waals surface area contributed by atoms with Gasteiger partial charge in [0.05, 0.1) is 17.8 Å². The highest BCUT2D eigenvalue weighted by molar-refractivity contribution is 5.95. The maximum Gasteiger partial charge on any atom is 0.231 e. The second kappa shape index (κ2) is 11.1. The fraction of sp³-hybridized carbons (Fsp3) is 0.333. The molecule has 1 amide bonds. The third-order valence-corrected chi connectivity index (χ3v) is 6.17. The van der Waals surface area contributed by atoms with E-state index in [0.717, 1.165) is 62.5 Å². The van der Waals surface area contributed by atoms with Crippen molar-refractivity contribution in [2.24, 2.45) is 0 Å². The van der Waals surface area contributed by atoms with Crippen LogP contribution in [0.5, 0.6) is 0 Å². The molecule has 0 spiro atoms. The summed E-state index contributed by atoms with van der Waals surface area (Å²) in [4.78, 5) is 22.1. The van der Waals surface area contributed by atoms with Crippen molar-refractivity contribution >= 4 is 17.4 Å². The molecule has 4 rings (SSSR count). The summed E-state index contributed by atoms with van der Waals surface area (Å²) in [6.07, 6.45) is 3.52. The lowest BCUT2D eigenvalue weighted by Crippen LogP contribution is -2.31. The molecule has 3 aromatic rings. The molecule has 2 heterocycles. The zero-order valence-electron chi connectivity index (χ0n) is 19.1. The van der Waals surface area contributed by atoms with E-state index in [4.69, 9.17) is 0 Å². The van der Waals surface area contributed by atoms with Crippen molar-refractivity contribution in [1.82, 2.24) is 9.88 Å². The molecule has 172 valence electrons. The molecular weight excluding hydrogens is 415 g/mol. The van der Waals surface area contributed by atoms with Gasteiger partial charge in [-0.25, -0.2) is 9.37 Å². The smallest absolute Gasteiger partial charge is 0.231 e. The number of rotatable bonds is 7. The Morgan fingerprint density at radius 3 is 2.48 bits per heavy atom. The molecule has 1 atom stereocenters. The number of halogens is 1. The van der Waals surface area contributed by atoms with Gasteiger partial charge in [0.1, 0.15) is 11.6 Å². The van der Waals surface area contributed by atoms with Crippen molar-refractivity contribution in [2.45, 2.75) is 32.2 Å². The van der Waals surface area contributed by atoms with Gasteiger partial charge in [-0.15, -0.1) is 0 Å². The molecule has 0 saturated carbocycles. The largest absolute Gasteiger partial charge is 0.355 e. The maximum absolute atomic E-state index is 13.2. The van der Waals surface area contributed by atoms with E-state index in [1.807, 2.05) is 61.5 Å². The van der Waals surface area contributed by atoms with Crippen LogP contribution in [0.2, 0.25) is 0 Å². The average Bonchev–Trinajstić information content (AvgIpc) is 3.08. The standard InChI is InChI=1S/C27H31FN4O/c1-2-25(22-7-4-3-5-8-22)27(33)30-24-13-14-26(29-19-24)32-16-6-15-31(17-18-32)20-21-9-11-23(28)12-10-21/h3-5,7-14,19,25H,2,6,15-18,20H2,1H3,(H,30,33)/t25-/m1/s1. The van der Waals surface area contributed by atoms with Gasteiger partial charge in [-0.05, 0) is 48.2 Å². The van der Waals surface area contributed by atoms with Crippen molar-refractivity contribution in [3.63, 3.8) is 0 Å². The molecule has 1 N–H and O–H groups in total. The van der Waals surface area contributed by atoms with Gasteiger partial charge < -0.3 is 10.2 Å². The van der Waals surface area contributed by atoms with Crippen LogP contribution in [0.25, 0.3) is 0 Å². The fourth-order valence-corrected chi connectivity index (χ4v) is 4.34. The van der Waals surface area contributed by atoms with E-state index in [1.54, 1.807) is 6.20 Å². The fourth-order valence-electron chi connectivity index (χ4n) is 4.34. The van der Waals surface area contributed by atoms with Crippen molar-refractivity contribution in [1.29, 1.82) is 0 Å². The maximum atomic E-state index is 13.2. The van der Waals surface area contributed by atoms with Crippen molar-refractivity contribution in [3.8, 4) is 0 Å². The van der Waals surface area contributed by atoms with Gasteiger partial charge >= 0.3 is 0 Å². The second-order valence-electron chi connectivity index (χ2n) is 8.51. The Morgan fingerprint density at radius 1 is 1.00 bits per heavy atom. The zero-order chi connectivity index (χ0) is 23.0. The minimum atomic E-state index is -0.197. The SMILES string of the molecule is CC[C@@H](C(=O)Nc1ccc(N2CCCN(Cc3ccc(F)cc3)CC2)nc1)c1ccccc1. The van der Waals surface area contributed by atoms with Gasteiger partial charge in [0.15, 0.2) is 0 Å². The number of carbonyl (C=O) groups is 1. The summed E-state index contributed by atoms with van der Waals surface area (Å²) < 4.78 is 13.2. The van der Waals surface area contributed by atoms with Crippen molar-refractivity contribution < 1.29 is 9.18 Å². The van der Waals surface area contributed by atoms with E-state index in [1.165, 1.54) is 12.1 Å². The second-order valence-corrected chi connectivity index (χ2v) is 8.51. The number of nitrogens with one attached hydrogen (secondary N) is 1. The summed E-state index contributed by atoms with van der Waals surface area (Å²) in [5, 5.41) is 3.02. The molecule has 0 aliphatic carbocycles. The quantitative estimate of drug-likeness (QED) is 0.551. The molecule has 33 heavy (non-hydrogen) atoms. The van der Waals surface area contributed by atoms with E-state index in [9.17, 15) is 9.18 Å². The molecular formula is C27H31FN4O. The first-order valence-corrected chi connectivity index (χ1v) is 11.7. The zero-order valence-corrected chi connectivity index (χ0v) is 19.1. The van der Waals surface area contributed by atoms with Gasteiger partial charge in [0, 0.05) is 32.7 Å². The van der Waals surface area contributed by atoms with Crippen LogP contribution in [-0.4, -0.2) is 42.0 Å². The third-order valence-electron chi connectivity index (χ3n) is 6.17. The molecule has 1 saturated heterocycles. The number of hydrogen-bond acceptors (Lipinski definition) is 4. The lowest BCUT2D eigenvalue weighted by molar-refractivity contribution is -0.117. The number of benzene rings is 2. The highest BCUT2D eigenvalue weighted by Crippen LogP contribution is 2.22. The summed E-state index contributed by atoms with van der Waals surface area (Å²) in [5.41, 5.74) is 2.87. The highest BCUT2D eigenvalue weighted by Gasteiger charge is 2.19. The van der Waals surface area contributed by atoms with Crippen LogP contribution >= 0.6 is 0 Å². The van der Waals surface area contributed by atoms with Crippen LogP contribution in [0.4, 0.5) is 15.9 Å². The normalized spacial score (nSPS) is 15.6. The molecule has 0 radical (unpaired) electrons. The lowest BCUT2D eigenvalue weighted by Gasteiger charge is -2.23. The number of carbonyl (C=O) groups excluding carboxylic acids is 1. The monoisotopic (exact) mass is 446 g/mol. The Labute approximate surface area is 195 Å². The molecule has 1 fully saturated rings. The van der Waals surface area contributed by atoms with E-state index in [-0.39, 0.29) is 17.6 Å². The van der Waals surface area contributed by atoms with Crippen LogP contribution in [0.15, 0.2) is 72.9 Å². The molecule has 0 unspecified atom stereocenters. The van der Waals surface area contributed by atoms with E-state index in [0.29, 0.717) is 5.69 Å². The third kappa shape index (κ3) is 6.17. The first kappa shape index (κ1) is 22.9. The van der Waals surface area contributed by atoms with E-state index in [2.05, 4.69) is 20.1 Å². The Kier molecular flexibility index (Phi) is 7.68. The number of nitrogens with zero attached hydrogens (tertiary/aromatic N) is 3. The lowest BCUT2D eigenvalue weighted by atomic mass is 9.95. The van der Waals surface area contributed by atoms with Crippen molar-refractivity contribution in [3.05, 3.63) is 89.9 Å². The molecule has 5 nitrogen and oxygen atoms in total. The van der Waals surface area contributed by atoms with Crippen LogP contribution < -0.4 is 10.2 Å². The van der Waals surface area contributed by atoms with Gasteiger partial charge in [0.25, 0.3) is 0 Å².